The largest absolute Gasteiger partial charge is 0.481 e. The first-order chi connectivity index (χ1) is 7.03. The van der Waals surface area contributed by atoms with Crippen LogP contribution in [-0.2, 0) is 14.3 Å². The van der Waals surface area contributed by atoms with Crippen LogP contribution < -0.4 is 0 Å². The van der Waals surface area contributed by atoms with Gasteiger partial charge < -0.3 is 14.6 Å². The Labute approximate surface area is 90.0 Å². The molecule has 1 aliphatic heterocycles. The van der Waals surface area contributed by atoms with Crippen LogP contribution in [0.5, 0.6) is 0 Å². The second-order valence-electron chi connectivity index (χ2n) is 4.01. The molecule has 5 nitrogen and oxygen atoms in total. The second kappa shape index (κ2) is 4.92. The van der Waals surface area contributed by atoms with Gasteiger partial charge in [0.25, 0.3) is 0 Å². The highest BCUT2D eigenvalue weighted by Crippen LogP contribution is 2.28. The van der Waals surface area contributed by atoms with Gasteiger partial charge in [-0.3, -0.25) is 9.69 Å². The number of methoxy groups -OCH3 is 2. The topological polar surface area (TPSA) is 59.0 Å². The van der Waals surface area contributed by atoms with Gasteiger partial charge in [-0.1, -0.05) is 0 Å². The molecule has 0 spiro atoms. The summed E-state index contributed by atoms with van der Waals surface area (Å²) >= 11 is 0. The van der Waals surface area contributed by atoms with E-state index in [0.29, 0.717) is 19.5 Å². The minimum atomic E-state index is -0.743. The Morgan fingerprint density at radius 3 is 2.40 bits per heavy atom. The van der Waals surface area contributed by atoms with Crippen molar-refractivity contribution in [1.29, 1.82) is 0 Å². The molecule has 0 aromatic heterocycles. The lowest BCUT2D eigenvalue weighted by atomic mass is 10.0. The van der Waals surface area contributed by atoms with Gasteiger partial charge in [0.1, 0.15) is 0 Å². The van der Waals surface area contributed by atoms with Gasteiger partial charge in [0.2, 0.25) is 0 Å². The number of likely N-dealkylation sites (tertiary alicyclic amines) is 1. The van der Waals surface area contributed by atoms with Crippen molar-refractivity contribution in [2.75, 3.05) is 27.3 Å². The molecule has 0 saturated carbocycles. The Morgan fingerprint density at radius 2 is 2.00 bits per heavy atom. The first-order valence-corrected chi connectivity index (χ1v) is 5.09. The molecule has 1 unspecified atom stereocenters. The molecule has 1 rings (SSSR count). The van der Waals surface area contributed by atoms with Crippen molar-refractivity contribution in [2.24, 2.45) is 0 Å². The lowest BCUT2D eigenvalue weighted by molar-refractivity contribution is -0.281. The van der Waals surface area contributed by atoms with Crippen molar-refractivity contribution in [3.63, 3.8) is 0 Å². The lowest BCUT2D eigenvalue weighted by Gasteiger charge is -2.50. The van der Waals surface area contributed by atoms with Crippen LogP contribution >= 0.6 is 0 Å². The van der Waals surface area contributed by atoms with Gasteiger partial charge >= 0.3 is 5.97 Å². The first-order valence-electron chi connectivity index (χ1n) is 5.09. The van der Waals surface area contributed by atoms with Gasteiger partial charge in [-0.05, 0) is 13.3 Å². The number of rotatable bonds is 6. The minimum absolute atomic E-state index is 0.213. The van der Waals surface area contributed by atoms with E-state index in [1.165, 1.54) is 0 Å². The predicted molar refractivity (Wildman–Crippen MR) is 54.7 cm³/mol. The summed E-state index contributed by atoms with van der Waals surface area (Å²) in [4.78, 5) is 12.6. The van der Waals surface area contributed by atoms with E-state index < -0.39 is 11.8 Å². The van der Waals surface area contributed by atoms with E-state index in [1.807, 2.05) is 6.92 Å². The Morgan fingerprint density at radius 1 is 1.47 bits per heavy atom. The molecular weight excluding hydrogens is 198 g/mol. The third kappa shape index (κ3) is 2.90. The Hall–Kier alpha value is -0.650. The zero-order valence-electron chi connectivity index (χ0n) is 9.52. The number of hydrogen-bond acceptors (Lipinski definition) is 4. The first kappa shape index (κ1) is 12.4. The summed E-state index contributed by atoms with van der Waals surface area (Å²) in [7, 11) is 3.26. The molecule has 15 heavy (non-hydrogen) atoms. The fraction of sp³-hybridized carbons (Fsp3) is 0.900. The Balaban J connectivity index is 2.28. The van der Waals surface area contributed by atoms with E-state index in [0.717, 1.165) is 0 Å². The van der Waals surface area contributed by atoms with Crippen LogP contribution in [0.3, 0.4) is 0 Å². The molecule has 0 aliphatic carbocycles. The molecule has 5 heteroatoms. The highest BCUT2D eigenvalue weighted by Gasteiger charge is 2.45. The molecule has 1 N–H and O–H groups in total. The lowest BCUT2D eigenvalue weighted by Crippen LogP contribution is -2.66. The molecule has 88 valence electrons. The van der Waals surface area contributed by atoms with Crippen molar-refractivity contribution >= 4 is 5.97 Å². The maximum absolute atomic E-state index is 10.4. The van der Waals surface area contributed by atoms with Crippen LogP contribution in [-0.4, -0.2) is 55.1 Å². The van der Waals surface area contributed by atoms with Gasteiger partial charge in [0.05, 0.1) is 13.1 Å². The van der Waals surface area contributed by atoms with E-state index in [2.05, 4.69) is 4.90 Å². The Kier molecular flexibility index (Phi) is 4.07. The maximum atomic E-state index is 10.4. The molecule has 1 atom stereocenters. The Bertz CT molecular complexity index is 219. The third-order valence-electron chi connectivity index (χ3n) is 3.03. The molecule has 0 aromatic rings. The van der Waals surface area contributed by atoms with E-state index in [-0.39, 0.29) is 12.5 Å². The van der Waals surface area contributed by atoms with Crippen molar-refractivity contribution in [3.05, 3.63) is 0 Å². The van der Waals surface area contributed by atoms with Crippen LogP contribution in [0.4, 0.5) is 0 Å². The third-order valence-corrected chi connectivity index (χ3v) is 3.03. The van der Waals surface area contributed by atoms with Crippen molar-refractivity contribution in [2.45, 2.75) is 31.6 Å². The number of hydrogen-bond donors (Lipinski definition) is 1. The number of carbonyl (C=O) groups is 1. The number of aliphatic carboxylic acids is 1. The zero-order valence-corrected chi connectivity index (χ0v) is 9.52. The van der Waals surface area contributed by atoms with Gasteiger partial charge in [-0.25, -0.2) is 0 Å². The minimum Gasteiger partial charge on any atom is -0.481 e. The van der Waals surface area contributed by atoms with Crippen LogP contribution in [0.2, 0.25) is 0 Å². The van der Waals surface area contributed by atoms with Gasteiger partial charge in [-0.2, -0.15) is 0 Å². The molecule has 1 fully saturated rings. The molecule has 0 bridgehead atoms. The predicted octanol–water partition coefficient (Wildman–Crippen LogP) is 0.544. The molecular formula is C10H19NO4. The van der Waals surface area contributed by atoms with Crippen molar-refractivity contribution in [3.8, 4) is 0 Å². The average molecular weight is 217 g/mol. The number of carboxylic acid groups (broad SMARTS) is 1. The SMILES string of the molecule is COC1(OC)CN(C(C)CCC(=O)O)C1. The summed E-state index contributed by atoms with van der Waals surface area (Å²) < 4.78 is 10.5. The van der Waals surface area contributed by atoms with Crippen LogP contribution in [0.15, 0.2) is 0 Å². The monoisotopic (exact) mass is 217 g/mol. The summed E-state index contributed by atoms with van der Waals surface area (Å²) in [5.41, 5.74) is 0. The van der Waals surface area contributed by atoms with E-state index >= 15 is 0 Å². The molecule has 1 saturated heterocycles. The molecule has 0 amide bonds. The number of ether oxygens (including phenoxy) is 2. The van der Waals surface area contributed by atoms with E-state index in [4.69, 9.17) is 14.6 Å². The molecule has 1 heterocycles. The van der Waals surface area contributed by atoms with Gasteiger partial charge in [0, 0.05) is 26.7 Å². The average Bonchev–Trinajstić information content (AvgIpc) is 2.14. The number of carboxylic acids is 1. The summed E-state index contributed by atoms with van der Waals surface area (Å²) in [6.45, 7) is 3.44. The summed E-state index contributed by atoms with van der Waals surface area (Å²) in [6.07, 6.45) is 0.878. The van der Waals surface area contributed by atoms with E-state index in [1.54, 1.807) is 14.2 Å². The van der Waals surface area contributed by atoms with Crippen LogP contribution in [0, 0.1) is 0 Å². The fourth-order valence-corrected chi connectivity index (χ4v) is 1.74. The molecule has 1 aliphatic rings. The van der Waals surface area contributed by atoms with Crippen molar-refractivity contribution in [1.82, 2.24) is 4.90 Å². The van der Waals surface area contributed by atoms with Gasteiger partial charge in [-0.15, -0.1) is 0 Å². The van der Waals surface area contributed by atoms with Crippen molar-refractivity contribution < 1.29 is 19.4 Å². The van der Waals surface area contributed by atoms with Crippen LogP contribution in [0.1, 0.15) is 19.8 Å². The quantitative estimate of drug-likeness (QED) is 0.658. The molecule has 0 radical (unpaired) electrons. The smallest absolute Gasteiger partial charge is 0.303 e. The zero-order chi connectivity index (χ0) is 11.5. The van der Waals surface area contributed by atoms with E-state index in [9.17, 15) is 4.79 Å². The summed E-state index contributed by atoms with van der Waals surface area (Å²) in [5, 5.41) is 8.56. The highest BCUT2D eigenvalue weighted by molar-refractivity contribution is 5.66. The normalized spacial score (nSPS) is 22.1. The number of nitrogens with zero attached hydrogens (tertiary/aromatic N) is 1. The summed E-state index contributed by atoms with van der Waals surface area (Å²) in [5.74, 6) is -1.22. The second-order valence-corrected chi connectivity index (χ2v) is 4.01. The van der Waals surface area contributed by atoms with Crippen LogP contribution in [0.25, 0.3) is 0 Å². The van der Waals surface area contributed by atoms with Gasteiger partial charge in [0.15, 0.2) is 5.79 Å². The standard InChI is InChI=1S/C10H19NO4/c1-8(4-5-9(12)13)11-6-10(7-11,14-2)15-3/h8H,4-7H2,1-3H3,(H,12,13). The fourth-order valence-electron chi connectivity index (χ4n) is 1.74. The molecule has 0 aromatic carbocycles. The maximum Gasteiger partial charge on any atom is 0.303 e. The highest BCUT2D eigenvalue weighted by atomic mass is 16.7. The summed E-state index contributed by atoms with van der Waals surface area (Å²) in [6, 6.07) is 0.263.